The molecule has 2 saturated carbocycles. The van der Waals surface area contributed by atoms with E-state index in [0.717, 1.165) is 41.3 Å². The van der Waals surface area contributed by atoms with Gasteiger partial charge in [-0.15, -0.1) is 11.6 Å². The van der Waals surface area contributed by atoms with Gasteiger partial charge in [0.25, 0.3) is 0 Å². The first-order chi connectivity index (χ1) is 19.7. The van der Waals surface area contributed by atoms with Crippen LogP contribution in [0.2, 0.25) is 0 Å². The van der Waals surface area contributed by atoms with Crippen molar-refractivity contribution in [1.29, 1.82) is 5.41 Å². The van der Waals surface area contributed by atoms with Gasteiger partial charge in [0, 0.05) is 19.6 Å². The summed E-state index contributed by atoms with van der Waals surface area (Å²) in [4.78, 5) is 28.5. The summed E-state index contributed by atoms with van der Waals surface area (Å²) in [5.41, 5.74) is 4.22. The van der Waals surface area contributed by atoms with E-state index in [0.29, 0.717) is 29.9 Å². The maximum absolute atomic E-state index is 11.8. The van der Waals surface area contributed by atoms with Gasteiger partial charge in [0.1, 0.15) is 6.29 Å². The molecular formula is C32H43N7NaO2-. The number of carbonyl (C=O) groups is 2. The number of fused-ring (bicyclic) bond motifs is 2. The molecule has 1 amide bonds. The van der Waals surface area contributed by atoms with E-state index in [9.17, 15) is 9.59 Å². The molecule has 2 aromatic rings. The van der Waals surface area contributed by atoms with Crippen molar-refractivity contribution >= 4 is 35.4 Å². The molecule has 3 fully saturated rings. The van der Waals surface area contributed by atoms with Gasteiger partial charge >= 0.3 is 29.6 Å². The van der Waals surface area contributed by atoms with Gasteiger partial charge in [-0.3, -0.25) is 21.1 Å². The zero-order chi connectivity index (χ0) is 29.9. The normalized spacial score (nSPS) is 18.9. The number of amides is 1. The molecule has 2 bridgehead atoms. The summed E-state index contributed by atoms with van der Waals surface area (Å²) in [5, 5.41) is 17.0. The Hall–Kier alpha value is -2.85. The monoisotopic (exact) mass is 580 g/mol. The third-order valence-electron chi connectivity index (χ3n) is 7.58. The predicted octanol–water partition coefficient (Wildman–Crippen LogP) is 2.30. The van der Waals surface area contributed by atoms with Crippen molar-refractivity contribution in [2.45, 2.75) is 65.0 Å². The van der Waals surface area contributed by atoms with E-state index in [-0.39, 0.29) is 35.1 Å². The summed E-state index contributed by atoms with van der Waals surface area (Å²) >= 11 is 0. The average molecular weight is 581 g/mol. The Morgan fingerprint density at radius 2 is 1.98 bits per heavy atom. The van der Waals surface area contributed by atoms with Crippen LogP contribution >= 0.6 is 0 Å². The van der Waals surface area contributed by atoms with Gasteiger partial charge < -0.3 is 25.6 Å². The minimum atomic E-state index is -0.414. The zero-order valence-corrected chi connectivity index (χ0v) is 27.7. The Morgan fingerprint density at radius 3 is 2.50 bits per heavy atom. The molecule has 5 rings (SSSR count). The average Bonchev–Trinajstić information content (AvgIpc) is 3.33. The Balaban J connectivity index is 0.000000226. The third kappa shape index (κ3) is 10.2. The van der Waals surface area contributed by atoms with Gasteiger partial charge in [0.05, 0.1) is 35.9 Å². The van der Waals surface area contributed by atoms with Gasteiger partial charge in [-0.2, -0.15) is 12.7 Å². The number of hydrogen-bond donors (Lipinski definition) is 3. The van der Waals surface area contributed by atoms with Crippen LogP contribution in [0.3, 0.4) is 0 Å². The van der Waals surface area contributed by atoms with E-state index in [2.05, 4.69) is 58.3 Å². The van der Waals surface area contributed by atoms with Crippen molar-refractivity contribution in [2.75, 3.05) is 30.8 Å². The van der Waals surface area contributed by atoms with Gasteiger partial charge in [-0.05, 0) is 63.4 Å². The molecule has 2 atom stereocenters. The van der Waals surface area contributed by atoms with Gasteiger partial charge in [0.2, 0.25) is 0 Å². The maximum atomic E-state index is 11.8. The zero-order valence-electron chi connectivity index (χ0n) is 25.7. The van der Waals surface area contributed by atoms with E-state index in [1.165, 1.54) is 44.7 Å². The molecule has 0 aromatic carbocycles. The van der Waals surface area contributed by atoms with Gasteiger partial charge in [0.15, 0.2) is 5.91 Å². The molecule has 2 aliphatic carbocycles. The summed E-state index contributed by atoms with van der Waals surface area (Å²) in [6.45, 7) is 17.2. The number of aryl methyl sites for hydroxylation is 1. The number of nitrogens with zero attached hydrogens (tertiary/aromatic N) is 4. The van der Waals surface area contributed by atoms with E-state index in [4.69, 9.17) is 12.0 Å². The van der Waals surface area contributed by atoms with Crippen LogP contribution in [0.25, 0.3) is 5.57 Å². The summed E-state index contributed by atoms with van der Waals surface area (Å²) in [5.74, 6) is 0.907. The molecule has 3 heterocycles. The van der Waals surface area contributed by atoms with E-state index >= 15 is 0 Å². The van der Waals surface area contributed by atoms with Crippen LogP contribution in [0.1, 0.15) is 63.3 Å². The molecule has 220 valence electrons. The molecular weight excluding hydrogens is 537 g/mol. The SMILES string of the molecule is C=C[C-]=C(C=N)C(=O)Nc1cc(NC)cnc1C.O=CCN1CC2CCC1C2.[CH-]=C(c1cnn(C2CC2)c1)C(C)C.[Na+]. The molecule has 9 nitrogen and oxygen atoms in total. The molecule has 0 spiro atoms. The van der Waals surface area contributed by atoms with Crippen LogP contribution in [0, 0.1) is 36.8 Å². The van der Waals surface area contributed by atoms with Crippen molar-refractivity contribution in [1.82, 2.24) is 19.7 Å². The topological polar surface area (TPSA) is 116 Å². The minimum Gasteiger partial charge on any atom is -0.387 e. The van der Waals surface area contributed by atoms with Gasteiger partial charge in [-0.1, -0.05) is 31.6 Å². The molecule has 10 heteroatoms. The third-order valence-corrected chi connectivity index (χ3v) is 7.58. The Kier molecular flexibility index (Phi) is 14.6. The molecule has 1 saturated heterocycles. The number of pyridine rings is 1. The number of allylic oxidation sites excluding steroid dienone is 3. The van der Waals surface area contributed by atoms with E-state index in [1.54, 1.807) is 26.2 Å². The molecule has 2 aromatic heterocycles. The smallest absolute Gasteiger partial charge is 0.387 e. The second kappa shape index (κ2) is 17.3. The van der Waals surface area contributed by atoms with E-state index in [1.807, 2.05) is 10.9 Å². The van der Waals surface area contributed by atoms with Crippen LogP contribution in [0.5, 0.6) is 0 Å². The molecule has 1 aliphatic heterocycles. The number of rotatable bonds is 10. The largest absolute Gasteiger partial charge is 1.00 e. The van der Waals surface area contributed by atoms with Crippen molar-refractivity contribution in [3.05, 3.63) is 66.8 Å². The van der Waals surface area contributed by atoms with Crippen LogP contribution in [0.15, 0.2) is 42.9 Å². The number of likely N-dealkylation sites (tertiary alicyclic amines) is 1. The second-order valence-corrected chi connectivity index (χ2v) is 11.0. The Bertz CT molecular complexity index is 1270. The molecule has 42 heavy (non-hydrogen) atoms. The van der Waals surface area contributed by atoms with Gasteiger partial charge in [-0.25, -0.2) is 10.7 Å². The first-order valence-corrected chi connectivity index (χ1v) is 14.3. The number of hydrogen-bond acceptors (Lipinski definition) is 7. The summed E-state index contributed by atoms with van der Waals surface area (Å²) in [6.07, 6.45) is 18.1. The Labute approximate surface area is 272 Å². The standard InChI is InChI=1S/C13H15N4O.C11H15N2.C8H13NO.Na/c1-4-5-10(7-14)13(18)17-12-6-11(15-3)8-16-9(12)2;1-8(2)9(3)10-6-12-13(7-10)11-4-5-11;10-4-3-9-6-7-1-2-8(9)5-7;/h4,6-8,14-15H,1H2,2-3H3,(H,17,18);3,6-8,11H,4-5H2,1-2H3;4,7-8H,1-3,5-6H2;/q2*-1;;+1. The number of aromatic nitrogens is 3. The summed E-state index contributed by atoms with van der Waals surface area (Å²) in [7, 11) is 1.77. The molecule has 3 aliphatic rings. The summed E-state index contributed by atoms with van der Waals surface area (Å²) < 4.78 is 2.03. The fourth-order valence-corrected chi connectivity index (χ4v) is 4.97. The number of aldehydes is 1. The van der Waals surface area contributed by atoms with Crippen LogP contribution < -0.4 is 40.2 Å². The maximum Gasteiger partial charge on any atom is 1.00 e. The number of piperidine rings is 1. The predicted molar refractivity (Wildman–Crippen MR) is 165 cm³/mol. The minimum absolute atomic E-state index is 0. The number of anilines is 2. The van der Waals surface area contributed by atoms with E-state index < -0.39 is 5.91 Å². The molecule has 2 unspecified atom stereocenters. The number of carbonyl (C=O) groups excluding carboxylic acids is 2. The first kappa shape index (κ1) is 35.3. The fourth-order valence-electron chi connectivity index (χ4n) is 4.97. The van der Waals surface area contributed by atoms with Crippen molar-refractivity contribution in [3.8, 4) is 0 Å². The molecule has 3 N–H and O–H groups in total. The quantitative estimate of drug-likeness (QED) is 0.0992. The van der Waals surface area contributed by atoms with Crippen LogP contribution in [0.4, 0.5) is 11.4 Å². The fraction of sp³-hybridized carbons (Fsp3) is 0.469. The number of nitrogens with one attached hydrogen (secondary N) is 3. The Morgan fingerprint density at radius 1 is 1.26 bits per heavy atom. The van der Waals surface area contributed by atoms with Crippen LogP contribution in [-0.2, 0) is 9.59 Å². The summed E-state index contributed by atoms with van der Waals surface area (Å²) in [6, 6.07) is 3.18. The van der Waals surface area contributed by atoms with Crippen molar-refractivity contribution in [3.63, 3.8) is 0 Å². The second-order valence-electron chi connectivity index (χ2n) is 11.0. The first-order valence-electron chi connectivity index (χ1n) is 14.3. The van der Waals surface area contributed by atoms with Crippen molar-refractivity contribution < 1.29 is 39.1 Å². The molecule has 0 radical (unpaired) electrons. The van der Waals surface area contributed by atoms with Crippen LogP contribution in [-0.4, -0.2) is 64.3 Å². The van der Waals surface area contributed by atoms with Crippen molar-refractivity contribution in [2.24, 2.45) is 11.8 Å².